The summed E-state index contributed by atoms with van der Waals surface area (Å²) in [5, 5.41) is 7.37. The van der Waals surface area contributed by atoms with E-state index in [-0.39, 0.29) is 12.0 Å². The van der Waals surface area contributed by atoms with Gasteiger partial charge in [-0.25, -0.2) is 4.98 Å². The first kappa shape index (κ1) is 16.1. The standard InChI is InChI=1S/C18H21N5O/c1-12(2)17-22-18(24-23-17)15-4-5-16(20-11-15)21-13(3)10-14-6-8-19-9-7-14/h4-9,11-13H,10H2,1-3H3,(H,20,21). The second-order valence-electron chi connectivity index (χ2n) is 6.15. The molecular formula is C18H21N5O. The monoisotopic (exact) mass is 323 g/mol. The van der Waals surface area contributed by atoms with E-state index in [0.29, 0.717) is 11.7 Å². The molecule has 0 aliphatic heterocycles. The lowest BCUT2D eigenvalue weighted by Gasteiger charge is -2.14. The molecule has 0 aliphatic carbocycles. The Labute approximate surface area is 141 Å². The van der Waals surface area contributed by atoms with Crippen molar-refractivity contribution in [2.75, 3.05) is 5.32 Å². The van der Waals surface area contributed by atoms with Crippen molar-refractivity contribution in [3.8, 4) is 11.5 Å². The van der Waals surface area contributed by atoms with Crippen LogP contribution in [0.1, 0.15) is 38.1 Å². The SMILES string of the molecule is CC(Cc1ccncc1)Nc1ccc(-c2nc(C(C)C)no2)cn1. The molecule has 0 radical (unpaired) electrons. The first-order chi connectivity index (χ1) is 11.6. The molecule has 124 valence electrons. The van der Waals surface area contributed by atoms with Gasteiger partial charge in [0, 0.05) is 30.6 Å². The van der Waals surface area contributed by atoms with Gasteiger partial charge in [-0.05, 0) is 43.2 Å². The van der Waals surface area contributed by atoms with E-state index in [0.717, 1.165) is 17.8 Å². The summed E-state index contributed by atoms with van der Waals surface area (Å²) in [6.45, 7) is 6.19. The van der Waals surface area contributed by atoms with Crippen molar-refractivity contribution in [1.29, 1.82) is 0 Å². The van der Waals surface area contributed by atoms with Crippen LogP contribution in [-0.4, -0.2) is 26.2 Å². The van der Waals surface area contributed by atoms with Crippen molar-refractivity contribution in [2.45, 2.75) is 39.2 Å². The summed E-state index contributed by atoms with van der Waals surface area (Å²) in [6, 6.07) is 8.18. The molecule has 0 amide bonds. The molecule has 3 heterocycles. The average Bonchev–Trinajstić information content (AvgIpc) is 3.07. The molecule has 3 aromatic rings. The number of aromatic nitrogens is 4. The van der Waals surface area contributed by atoms with E-state index in [2.05, 4.69) is 32.3 Å². The largest absolute Gasteiger partial charge is 0.367 e. The van der Waals surface area contributed by atoms with Crippen LogP contribution in [0.5, 0.6) is 0 Å². The Kier molecular flexibility index (Phi) is 4.84. The molecule has 6 nitrogen and oxygen atoms in total. The van der Waals surface area contributed by atoms with Gasteiger partial charge < -0.3 is 9.84 Å². The van der Waals surface area contributed by atoms with Crippen molar-refractivity contribution >= 4 is 5.82 Å². The first-order valence-electron chi connectivity index (χ1n) is 8.07. The van der Waals surface area contributed by atoms with E-state index in [9.17, 15) is 0 Å². The fraction of sp³-hybridized carbons (Fsp3) is 0.333. The third-order valence-corrected chi connectivity index (χ3v) is 3.65. The van der Waals surface area contributed by atoms with Crippen molar-refractivity contribution < 1.29 is 4.52 Å². The topological polar surface area (TPSA) is 76.7 Å². The Hall–Kier alpha value is -2.76. The van der Waals surface area contributed by atoms with Gasteiger partial charge in [-0.3, -0.25) is 4.98 Å². The number of nitrogens with one attached hydrogen (secondary N) is 1. The Morgan fingerprint density at radius 3 is 2.50 bits per heavy atom. The molecular weight excluding hydrogens is 302 g/mol. The minimum Gasteiger partial charge on any atom is -0.367 e. The van der Waals surface area contributed by atoms with Crippen LogP contribution in [0.4, 0.5) is 5.82 Å². The molecule has 1 atom stereocenters. The van der Waals surface area contributed by atoms with Crippen LogP contribution in [0.2, 0.25) is 0 Å². The van der Waals surface area contributed by atoms with Crippen LogP contribution >= 0.6 is 0 Å². The van der Waals surface area contributed by atoms with Crippen LogP contribution in [0.3, 0.4) is 0 Å². The molecule has 6 heteroatoms. The second-order valence-corrected chi connectivity index (χ2v) is 6.15. The highest BCUT2D eigenvalue weighted by Crippen LogP contribution is 2.20. The number of hydrogen-bond acceptors (Lipinski definition) is 6. The van der Waals surface area contributed by atoms with E-state index in [4.69, 9.17) is 4.52 Å². The van der Waals surface area contributed by atoms with Gasteiger partial charge in [0.25, 0.3) is 5.89 Å². The lowest BCUT2D eigenvalue weighted by atomic mass is 10.1. The van der Waals surface area contributed by atoms with Gasteiger partial charge >= 0.3 is 0 Å². The zero-order chi connectivity index (χ0) is 16.9. The van der Waals surface area contributed by atoms with Crippen LogP contribution in [0.25, 0.3) is 11.5 Å². The number of anilines is 1. The molecule has 0 fully saturated rings. The fourth-order valence-electron chi connectivity index (χ4n) is 2.37. The fourth-order valence-corrected chi connectivity index (χ4v) is 2.37. The zero-order valence-corrected chi connectivity index (χ0v) is 14.1. The van der Waals surface area contributed by atoms with Gasteiger partial charge in [0.05, 0.1) is 5.56 Å². The van der Waals surface area contributed by atoms with Gasteiger partial charge in [0.2, 0.25) is 0 Å². The Morgan fingerprint density at radius 2 is 1.88 bits per heavy atom. The van der Waals surface area contributed by atoms with E-state index in [1.54, 1.807) is 6.20 Å². The van der Waals surface area contributed by atoms with Crippen LogP contribution in [0.15, 0.2) is 47.4 Å². The summed E-state index contributed by atoms with van der Waals surface area (Å²) in [7, 11) is 0. The van der Waals surface area contributed by atoms with Gasteiger partial charge in [0.1, 0.15) is 5.82 Å². The van der Waals surface area contributed by atoms with Crippen molar-refractivity contribution in [1.82, 2.24) is 20.1 Å². The minimum atomic E-state index is 0.241. The van der Waals surface area contributed by atoms with Crippen LogP contribution in [-0.2, 0) is 6.42 Å². The highest BCUT2D eigenvalue weighted by molar-refractivity contribution is 5.54. The normalized spacial score (nSPS) is 12.3. The molecule has 0 bridgehead atoms. The van der Waals surface area contributed by atoms with Crippen molar-refractivity contribution in [3.05, 3.63) is 54.2 Å². The lowest BCUT2D eigenvalue weighted by molar-refractivity contribution is 0.419. The van der Waals surface area contributed by atoms with Crippen molar-refractivity contribution in [2.24, 2.45) is 0 Å². The predicted octanol–water partition coefficient (Wildman–Crippen LogP) is 3.69. The van der Waals surface area contributed by atoms with E-state index < -0.39 is 0 Å². The maximum absolute atomic E-state index is 5.28. The highest BCUT2D eigenvalue weighted by Gasteiger charge is 2.12. The maximum Gasteiger partial charge on any atom is 0.259 e. The maximum atomic E-state index is 5.28. The molecule has 1 unspecified atom stereocenters. The summed E-state index contributed by atoms with van der Waals surface area (Å²) in [5.74, 6) is 2.27. The molecule has 0 aliphatic rings. The summed E-state index contributed by atoms with van der Waals surface area (Å²) in [6.07, 6.45) is 6.28. The molecule has 1 N–H and O–H groups in total. The number of hydrogen-bond donors (Lipinski definition) is 1. The minimum absolute atomic E-state index is 0.241. The van der Waals surface area contributed by atoms with Crippen molar-refractivity contribution in [3.63, 3.8) is 0 Å². The Balaban J connectivity index is 1.63. The quantitative estimate of drug-likeness (QED) is 0.745. The number of pyridine rings is 2. The summed E-state index contributed by atoms with van der Waals surface area (Å²) < 4.78 is 5.28. The summed E-state index contributed by atoms with van der Waals surface area (Å²) in [4.78, 5) is 12.9. The third kappa shape index (κ3) is 3.95. The smallest absolute Gasteiger partial charge is 0.259 e. The van der Waals surface area contributed by atoms with Gasteiger partial charge in [0.15, 0.2) is 5.82 Å². The van der Waals surface area contributed by atoms with E-state index >= 15 is 0 Å². The lowest BCUT2D eigenvalue weighted by Crippen LogP contribution is -2.18. The summed E-state index contributed by atoms with van der Waals surface area (Å²) >= 11 is 0. The highest BCUT2D eigenvalue weighted by atomic mass is 16.5. The van der Waals surface area contributed by atoms with E-state index in [1.165, 1.54) is 5.56 Å². The van der Waals surface area contributed by atoms with E-state index in [1.807, 2.05) is 50.5 Å². The zero-order valence-electron chi connectivity index (χ0n) is 14.1. The van der Waals surface area contributed by atoms with Gasteiger partial charge in [-0.2, -0.15) is 4.98 Å². The van der Waals surface area contributed by atoms with Crippen LogP contribution < -0.4 is 5.32 Å². The molecule has 0 aromatic carbocycles. The Bertz CT molecular complexity index is 768. The third-order valence-electron chi connectivity index (χ3n) is 3.65. The first-order valence-corrected chi connectivity index (χ1v) is 8.07. The average molecular weight is 323 g/mol. The number of nitrogens with zero attached hydrogens (tertiary/aromatic N) is 4. The number of rotatable bonds is 6. The second kappa shape index (κ2) is 7.21. The predicted molar refractivity (Wildman–Crippen MR) is 92.6 cm³/mol. The van der Waals surface area contributed by atoms with Gasteiger partial charge in [-0.1, -0.05) is 19.0 Å². The van der Waals surface area contributed by atoms with Gasteiger partial charge in [-0.15, -0.1) is 0 Å². The summed E-state index contributed by atoms with van der Waals surface area (Å²) in [5.41, 5.74) is 2.07. The Morgan fingerprint density at radius 1 is 1.08 bits per heavy atom. The molecule has 24 heavy (non-hydrogen) atoms. The molecule has 0 saturated carbocycles. The molecule has 0 saturated heterocycles. The molecule has 3 aromatic heterocycles. The van der Waals surface area contributed by atoms with Crippen LogP contribution in [0, 0.1) is 0 Å². The molecule has 3 rings (SSSR count). The molecule has 0 spiro atoms.